The van der Waals surface area contributed by atoms with Gasteiger partial charge in [0.25, 0.3) is 0 Å². The Labute approximate surface area is 188 Å². The molecule has 0 saturated carbocycles. The van der Waals surface area contributed by atoms with Crippen molar-refractivity contribution in [2.75, 3.05) is 33.2 Å². The minimum atomic E-state index is -0.727. The van der Waals surface area contributed by atoms with Crippen molar-refractivity contribution in [3.8, 4) is 0 Å². The molecule has 3 atom stereocenters. The van der Waals surface area contributed by atoms with Crippen LogP contribution in [0.2, 0.25) is 0 Å². The maximum Gasteiger partial charge on any atom is 0.191 e. The highest BCUT2D eigenvalue weighted by atomic mass is 127. The van der Waals surface area contributed by atoms with E-state index in [2.05, 4.69) is 45.1 Å². The Bertz CT molecular complexity index is 693. The standard InChI is InChI=1S/C20H30N4O2S.HI/c1-3-21-20(23-14-16(25)17-8-5-11-26-17)22-13-15-7-4-10-24(2)19(15)18-9-6-12-27-18;/h5-6,8-9,11-12,15-16,19,25H,3-4,7,10,13-14H2,1-2H3,(H2,21,22,23);1H. The minimum absolute atomic E-state index is 0. The van der Waals surface area contributed by atoms with Gasteiger partial charge in [0.2, 0.25) is 0 Å². The molecule has 8 heteroatoms. The second kappa shape index (κ2) is 11.8. The SMILES string of the molecule is CCNC(=NCC(O)c1ccco1)NCC1CCCN(C)C1c1cccs1.I. The number of aliphatic imine (C=N–C) groups is 1. The summed E-state index contributed by atoms with van der Waals surface area (Å²) in [7, 11) is 2.22. The Morgan fingerprint density at radius 1 is 1.39 bits per heavy atom. The lowest BCUT2D eigenvalue weighted by Crippen LogP contribution is -2.45. The average molecular weight is 518 g/mol. The van der Waals surface area contributed by atoms with Gasteiger partial charge in [-0.3, -0.25) is 9.89 Å². The molecule has 1 fully saturated rings. The van der Waals surface area contributed by atoms with Crippen LogP contribution >= 0.6 is 35.3 Å². The lowest BCUT2D eigenvalue weighted by Gasteiger charge is -2.39. The largest absolute Gasteiger partial charge is 0.467 e. The molecule has 3 heterocycles. The van der Waals surface area contributed by atoms with E-state index in [1.807, 2.05) is 18.3 Å². The van der Waals surface area contributed by atoms with Crippen LogP contribution in [0.5, 0.6) is 0 Å². The number of halogens is 1. The van der Waals surface area contributed by atoms with E-state index in [9.17, 15) is 5.11 Å². The fourth-order valence-corrected chi connectivity index (χ4v) is 4.68. The third kappa shape index (κ3) is 6.20. The first kappa shape index (κ1) is 23.2. The van der Waals surface area contributed by atoms with E-state index in [-0.39, 0.29) is 30.5 Å². The number of nitrogens with one attached hydrogen (secondary N) is 2. The molecule has 156 valence electrons. The lowest BCUT2D eigenvalue weighted by molar-refractivity contribution is 0.125. The van der Waals surface area contributed by atoms with E-state index in [1.54, 1.807) is 18.4 Å². The zero-order valence-electron chi connectivity index (χ0n) is 16.5. The van der Waals surface area contributed by atoms with E-state index in [0.29, 0.717) is 17.7 Å². The first-order valence-corrected chi connectivity index (χ1v) is 10.5. The molecule has 1 aliphatic rings. The topological polar surface area (TPSA) is 73.0 Å². The summed E-state index contributed by atoms with van der Waals surface area (Å²) in [5.41, 5.74) is 0. The first-order valence-electron chi connectivity index (χ1n) is 9.66. The number of piperidine rings is 1. The molecular formula is C20H31IN4O2S. The predicted molar refractivity (Wildman–Crippen MR) is 125 cm³/mol. The molecular weight excluding hydrogens is 487 g/mol. The smallest absolute Gasteiger partial charge is 0.191 e. The van der Waals surface area contributed by atoms with Crippen LogP contribution < -0.4 is 10.6 Å². The van der Waals surface area contributed by atoms with Crippen LogP contribution in [0.3, 0.4) is 0 Å². The third-order valence-electron chi connectivity index (χ3n) is 5.01. The maximum absolute atomic E-state index is 10.2. The molecule has 28 heavy (non-hydrogen) atoms. The molecule has 3 N–H and O–H groups in total. The molecule has 2 aromatic heterocycles. The molecule has 3 rings (SSSR count). The molecule has 1 saturated heterocycles. The number of thiophene rings is 1. The minimum Gasteiger partial charge on any atom is -0.467 e. The molecule has 0 aliphatic carbocycles. The number of rotatable bonds is 7. The zero-order valence-corrected chi connectivity index (χ0v) is 19.7. The normalized spacial score (nSPS) is 21.8. The van der Waals surface area contributed by atoms with Gasteiger partial charge in [-0.2, -0.15) is 0 Å². The van der Waals surface area contributed by atoms with E-state index in [0.717, 1.165) is 25.6 Å². The second-order valence-electron chi connectivity index (χ2n) is 6.97. The summed E-state index contributed by atoms with van der Waals surface area (Å²) in [6, 6.07) is 8.36. The number of hydrogen-bond donors (Lipinski definition) is 3. The van der Waals surface area contributed by atoms with Crippen LogP contribution in [-0.2, 0) is 0 Å². The number of guanidine groups is 1. The molecule has 0 aromatic carbocycles. The van der Waals surface area contributed by atoms with Crippen LogP contribution in [-0.4, -0.2) is 49.2 Å². The van der Waals surface area contributed by atoms with Gasteiger partial charge >= 0.3 is 0 Å². The molecule has 3 unspecified atom stereocenters. The fraction of sp³-hybridized carbons (Fsp3) is 0.550. The Morgan fingerprint density at radius 3 is 2.93 bits per heavy atom. The predicted octanol–water partition coefficient (Wildman–Crippen LogP) is 3.63. The highest BCUT2D eigenvalue weighted by Gasteiger charge is 2.31. The third-order valence-corrected chi connectivity index (χ3v) is 5.95. The Balaban J connectivity index is 0.00000280. The monoisotopic (exact) mass is 518 g/mol. The van der Waals surface area contributed by atoms with Crippen molar-refractivity contribution < 1.29 is 9.52 Å². The summed E-state index contributed by atoms with van der Waals surface area (Å²) in [6.07, 6.45) is 3.26. The maximum atomic E-state index is 10.2. The van der Waals surface area contributed by atoms with Crippen molar-refractivity contribution in [2.24, 2.45) is 10.9 Å². The summed E-state index contributed by atoms with van der Waals surface area (Å²) in [4.78, 5) is 8.43. The summed E-state index contributed by atoms with van der Waals surface area (Å²) in [5, 5.41) is 19.1. The van der Waals surface area contributed by atoms with E-state index < -0.39 is 6.10 Å². The van der Waals surface area contributed by atoms with Crippen LogP contribution in [0, 0.1) is 5.92 Å². The number of furan rings is 1. The second-order valence-corrected chi connectivity index (χ2v) is 7.95. The molecule has 6 nitrogen and oxygen atoms in total. The van der Waals surface area contributed by atoms with Crippen LogP contribution in [0.15, 0.2) is 45.3 Å². The molecule has 0 amide bonds. The average Bonchev–Trinajstić information content (AvgIpc) is 3.37. The number of hydrogen-bond acceptors (Lipinski definition) is 5. The Hall–Kier alpha value is -1.10. The first-order chi connectivity index (χ1) is 13.2. The number of aliphatic hydroxyl groups excluding tert-OH is 1. The van der Waals surface area contributed by atoms with Crippen molar-refractivity contribution >= 4 is 41.3 Å². The summed E-state index contributed by atoms with van der Waals surface area (Å²) >= 11 is 1.84. The van der Waals surface area contributed by atoms with Crippen molar-refractivity contribution in [3.05, 3.63) is 46.5 Å². The van der Waals surface area contributed by atoms with Gasteiger partial charge < -0.3 is 20.2 Å². The van der Waals surface area contributed by atoms with Gasteiger partial charge in [-0.15, -0.1) is 35.3 Å². The summed E-state index contributed by atoms with van der Waals surface area (Å²) < 4.78 is 5.25. The van der Waals surface area contributed by atoms with Gasteiger partial charge in [-0.25, -0.2) is 0 Å². The van der Waals surface area contributed by atoms with Gasteiger partial charge in [0.1, 0.15) is 11.9 Å². The van der Waals surface area contributed by atoms with Crippen LogP contribution in [0.1, 0.15) is 42.5 Å². The van der Waals surface area contributed by atoms with E-state index in [1.165, 1.54) is 17.7 Å². The zero-order chi connectivity index (χ0) is 19.1. The van der Waals surface area contributed by atoms with E-state index >= 15 is 0 Å². The van der Waals surface area contributed by atoms with Crippen LogP contribution in [0.25, 0.3) is 0 Å². The molecule has 0 spiro atoms. The van der Waals surface area contributed by atoms with Crippen molar-refractivity contribution in [1.29, 1.82) is 0 Å². The van der Waals surface area contributed by atoms with E-state index in [4.69, 9.17) is 4.42 Å². The molecule has 2 aromatic rings. The van der Waals surface area contributed by atoms with Crippen molar-refractivity contribution in [1.82, 2.24) is 15.5 Å². The molecule has 1 aliphatic heterocycles. The Morgan fingerprint density at radius 2 is 2.25 bits per heavy atom. The summed E-state index contributed by atoms with van der Waals surface area (Å²) in [5.74, 6) is 1.81. The van der Waals surface area contributed by atoms with Gasteiger partial charge in [0.15, 0.2) is 5.96 Å². The van der Waals surface area contributed by atoms with Gasteiger partial charge in [-0.05, 0) is 62.9 Å². The fourth-order valence-electron chi connectivity index (χ4n) is 3.70. The molecule has 0 radical (unpaired) electrons. The van der Waals surface area contributed by atoms with Gasteiger partial charge in [-0.1, -0.05) is 6.07 Å². The highest BCUT2D eigenvalue weighted by Crippen LogP contribution is 2.36. The van der Waals surface area contributed by atoms with Crippen molar-refractivity contribution in [2.45, 2.75) is 31.9 Å². The quantitative estimate of drug-likeness (QED) is 0.297. The molecule has 0 bridgehead atoms. The van der Waals surface area contributed by atoms with Crippen LogP contribution in [0.4, 0.5) is 0 Å². The number of likely N-dealkylation sites (tertiary alicyclic amines) is 1. The number of nitrogens with zero attached hydrogens (tertiary/aromatic N) is 2. The summed E-state index contributed by atoms with van der Waals surface area (Å²) in [6.45, 7) is 5.09. The Kier molecular flexibility index (Phi) is 9.76. The lowest BCUT2D eigenvalue weighted by atomic mass is 9.88. The van der Waals surface area contributed by atoms with Crippen molar-refractivity contribution in [3.63, 3.8) is 0 Å². The number of aliphatic hydroxyl groups is 1. The van der Waals surface area contributed by atoms with Gasteiger partial charge in [0, 0.05) is 24.0 Å². The highest BCUT2D eigenvalue weighted by molar-refractivity contribution is 14.0. The van der Waals surface area contributed by atoms with Gasteiger partial charge in [0.05, 0.1) is 12.8 Å².